The standard InChI is InChI=1S/C31H27F6N3O5/c1-19-25(38-29(45-19)21-4-8-23(9-5-21)31(35,36)37)15-28(42)40-12-10-39(11-13-40)16-24-14-26(41)27(18-43-24)44-17-20-2-6-22(7-3-20)30(32,33)34/h2-9,14,18H,10-13,15-17H2,1H3. The largest absolute Gasteiger partial charge is 0.482 e. The summed E-state index contributed by atoms with van der Waals surface area (Å²) >= 11 is 0. The van der Waals surface area contributed by atoms with E-state index in [0.717, 1.165) is 24.3 Å². The molecule has 0 atom stereocenters. The minimum Gasteiger partial charge on any atom is -0.482 e. The van der Waals surface area contributed by atoms with Gasteiger partial charge < -0.3 is 18.5 Å². The number of ether oxygens (including phenoxy) is 1. The van der Waals surface area contributed by atoms with Gasteiger partial charge in [0.15, 0.2) is 0 Å². The van der Waals surface area contributed by atoms with Crippen LogP contribution in [0.5, 0.6) is 5.75 Å². The highest BCUT2D eigenvalue weighted by Crippen LogP contribution is 2.32. The molecule has 0 radical (unpaired) electrons. The molecule has 4 aromatic rings. The Kier molecular flexibility index (Phi) is 9.05. The Hall–Kier alpha value is -4.59. The summed E-state index contributed by atoms with van der Waals surface area (Å²) in [5.41, 5.74) is -0.776. The fourth-order valence-electron chi connectivity index (χ4n) is 4.73. The Morgan fingerprint density at radius 1 is 0.911 bits per heavy atom. The van der Waals surface area contributed by atoms with Gasteiger partial charge in [0.1, 0.15) is 24.4 Å². The number of amides is 1. The van der Waals surface area contributed by atoms with Gasteiger partial charge in [0.2, 0.25) is 23.0 Å². The number of piperazine rings is 1. The predicted molar refractivity (Wildman–Crippen MR) is 148 cm³/mol. The van der Waals surface area contributed by atoms with Crippen molar-refractivity contribution in [1.29, 1.82) is 0 Å². The molecule has 5 rings (SSSR count). The molecule has 238 valence electrons. The van der Waals surface area contributed by atoms with E-state index < -0.39 is 28.9 Å². The second kappa shape index (κ2) is 12.8. The Bertz CT molecular complexity index is 1690. The van der Waals surface area contributed by atoms with Crippen LogP contribution in [0.3, 0.4) is 0 Å². The number of nitrogens with zero attached hydrogens (tertiary/aromatic N) is 3. The molecule has 1 aliphatic heterocycles. The molecular formula is C31H27F6N3O5. The van der Waals surface area contributed by atoms with Crippen LogP contribution in [0.4, 0.5) is 26.3 Å². The van der Waals surface area contributed by atoms with Crippen LogP contribution < -0.4 is 10.2 Å². The maximum atomic E-state index is 13.0. The zero-order valence-electron chi connectivity index (χ0n) is 23.9. The van der Waals surface area contributed by atoms with E-state index in [1.807, 2.05) is 4.90 Å². The fourth-order valence-corrected chi connectivity index (χ4v) is 4.73. The van der Waals surface area contributed by atoms with Crippen molar-refractivity contribution in [3.8, 4) is 17.2 Å². The van der Waals surface area contributed by atoms with Crippen molar-refractivity contribution in [2.75, 3.05) is 26.2 Å². The second-order valence-electron chi connectivity index (χ2n) is 10.5. The minimum atomic E-state index is -4.46. The van der Waals surface area contributed by atoms with Crippen molar-refractivity contribution in [2.45, 2.75) is 38.8 Å². The van der Waals surface area contributed by atoms with E-state index in [9.17, 15) is 35.9 Å². The molecule has 14 heteroatoms. The summed E-state index contributed by atoms with van der Waals surface area (Å²) in [5, 5.41) is 0. The van der Waals surface area contributed by atoms with Crippen molar-refractivity contribution in [2.24, 2.45) is 0 Å². The number of aryl methyl sites for hydroxylation is 1. The molecule has 2 aromatic heterocycles. The molecule has 0 bridgehead atoms. The van der Waals surface area contributed by atoms with E-state index in [4.69, 9.17) is 13.6 Å². The molecular weight excluding hydrogens is 608 g/mol. The van der Waals surface area contributed by atoms with Crippen LogP contribution in [-0.2, 0) is 36.7 Å². The van der Waals surface area contributed by atoms with Crippen molar-refractivity contribution in [1.82, 2.24) is 14.8 Å². The number of benzene rings is 2. The normalized spacial score (nSPS) is 14.5. The topological polar surface area (TPSA) is 89.0 Å². The summed E-state index contributed by atoms with van der Waals surface area (Å²) in [5.74, 6) is 0.672. The highest BCUT2D eigenvalue weighted by atomic mass is 19.4. The van der Waals surface area contributed by atoms with Crippen molar-refractivity contribution >= 4 is 5.91 Å². The Morgan fingerprint density at radius 2 is 1.51 bits per heavy atom. The molecule has 2 aromatic carbocycles. The third-order valence-electron chi connectivity index (χ3n) is 7.30. The zero-order chi connectivity index (χ0) is 32.4. The lowest BCUT2D eigenvalue weighted by atomic mass is 10.1. The number of rotatable bonds is 8. The Labute approximate surface area is 252 Å². The van der Waals surface area contributed by atoms with E-state index in [0.29, 0.717) is 61.1 Å². The van der Waals surface area contributed by atoms with Gasteiger partial charge in [-0.3, -0.25) is 14.5 Å². The number of hydrogen-bond acceptors (Lipinski definition) is 7. The first-order valence-electron chi connectivity index (χ1n) is 13.8. The molecule has 1 saturated heterocycles. The van der Waals surface area contributed by atoms with Crippen LogP contribution >= 0.6 is 0 Å². The maximum absolute atomic E-state index is 13.0. The average molecular weight is 636 g/mol. The molecule has 1 amide bonds. The van der Waals surface area contributed by atoms with Crippen molar-refractivity contribution < 1.29 is 44.7 Å². The van der Waals surface area contributed by atoms with Crippen LogP contribution in [0.15, 0.2) is 74.5 Å². The summed E-state index contributed by atoms with van der Waals surface area (Å²) < 4.78 is 93.3. The lowest BCUT2D eigenvalue weighted by Gasteiger charge is -2.34. The highest BCUT2D eigenvalue weighted by Gasteiger charge is 2.31. The molecule has 0 spiro atoms. The molecule has 8 nitrogen and oxygen atoms in total. The van der Waals surface area contributed by atoms with Gasteiger partial charge in [-0.05, 0) is 48.9 Å². The Morgan fingerprint density at radius 3 is 2.09 bits per heavy atom. The first-order chi connectivity index (χ1) is 21.3. The van der Waals surface area contributed by atoms with Gasteiger partial charge in [-0.1, -0.05) is 12.1 Å². The van der Waals surface area contributed by atoms with Gasteiger partial charge in [-0.15, -0.1) is 0 Å². The predicted octanol–water partition coefficient (Wildman–Crippen LogP) is 6.11. The van der Waals surface area contributed by atoms with Gasteiger partial charge in [0.25, 0.3) is 0 Å². The van der Waals surface area contributed by atoms with Crippen molar-refractivity contribution in [3.05, 3.63) is 105 Å². The number of oxazole rings is 1. The van der Waals surface area contributed by atoms with Crippen LogP contribution in [0.1, 0.15) is 33.9 Å². The number of hydrogen-bond donors (Lipinski definition) is 0. The molecule has 0 aliphatic carbocycles. The first-order valence-corrected chi connectivity index (χ1v) is 13.8. The number of halogens is 6. The monoisotopic (exact) mass is 635 g/mol. The summed E-state index contributed by atoms with van der Waals surface area (Å²) in [6.45, 7) is 3.70. The average Bonchev–Trinajstić information content (AvgIpc) is 3.36. The minimum absolute atomic E-state index is 0.0290. The molecule has 0 unspecified atom stereocenters. The first kappa shape index (κ1) is 31.8. The van der Waals surface area contributed by atoms with Gasteiger partial charge in [-0.2, -0.15) is 26.3 Å². The van der Waals surface area contributed by atoms with E-state index in [2.05, 4.69) is 4.98 Å². The third kappa shape index (κ3) is 7.93. The lowest BCUT2D eigenvalue weighted by Crippen LogP contribution is -2.48. The molecule has 0 saturated carbocycles. The van der Waals surface area contributed by atoms with Crippen LogP contribution in [0, 0.1) is 6.92 Å². The smallest absolute Gasteiger partial charge is 0.416 e. The molecule has 1 aliphatic rings. The molecule has 45 heavy (non-hydrogen) atoms. The summed E-state index contributed by atoms with van der Waals surface area (Å²) in [7, 11) is 0. The summed E-state index contributed by atoms with van der Waals surface area (Å²) in [4.78, 5) is 33.5. The van der Waals surface area contributed by atoms with E-state index in [-0.39, 0.29) is 30.6 Å². The highest BCUT2D eigenvalue weighted by molar-refractivity contribution is 5.79. The third-order valence-corrected chi connectivity index (χ3v) is 7.30. The molecule has 1 fully saturated rings. The van der Waals surface area contributed by atoms with Crippen molar-refractivity contribution in [3.63, 3.8) is 0 Å². The van der Waals surface area contributed by atoms with Gasteiger partial charge in [0, 0.05) is 37.8 Å². The number of aromatic nitrogens is 1. The lowest BCUT2D eigenvalue weighted by molar-refractivity contribution is -0.138. The van der Waals surface area contributed by atoms with Gasteiger partial charge >= 0.3 is 12.4 Å². The van der Waals surface area contributed by atoms with E-state index in [1.165, 1.54) is 36.6 Å². The number of carbonyl (C=O) groups is 1. The fraction of sp³-hybridized carbons (Fsp3) is 0.323. The molecule has 3 heterocycles. The second-order valence-corrected chi connectivity index (χ2v) is 10.5. The van der Waals surface area contributed by atoms with Crippen LogP contribution in [0.25, 0.3) is 11.5 Å². The summed E-state index contributed by atoms with van der Waals surface area (Å²) in [6, 6.07) is 10.1. The Balaban J connectivity index is 1.10. The van der Waals surface area contributed by atoms with E-state index >= 15 is 0 Å². The quantitative estimate of drug-likeness (QED) is 0.216. The van der Waals surface area contributed by atoms with E-state index in [1.54, 1.807) is 11.8 Å². The summed E-state index contributed by atoms with van der Waals surface area (Å²) in [6.07, 6.45) is -7.76. The molecule has 0 N–H and O–H groups in total. The zero-order valence-corrected chi connectivity index (χ0v) is 23.9. The van der Waals surface area contributed by atoms with Crippen LogP contribution in [0.2, 0.25) is 0 Å². The van der Waals surface area contributed by atoms with Gasteiger partial charge in [-0.25, -0.2) is 4.98 Å². The maximum Gasteiger partial charge on any atom is 0.416 e. The van der Waals surface area contributed by atoms with Crippen LogP contribution in [-0.4, -0.2) is 46.9 Å². The number of carbonyl (C=O) groups excluding carboxylic acids is 1. The SMILES string of the molecule is Cc1oc(-c2ccc(C(F)(F)F)cc2)nc1CC(=O)N1CCN(Cc2cc(=O)c(OCc3ccc(C(F)(F)F)cc3)co2)CC1. The van der Waals surface area contributed by atoms with Gasteiger partial charge in [0.05, 0.1) is 29.8 Å². The number of alkyl halides is 6.